The van der Waals surface area contributed by atoms with Gasteiger partial charge in [-0.3, -0.25) is 4.79 Å². The zero-order chi connectivity index (χ0) is 21.4. The molecule has 3 aromatic carbocycles. The molecule has 2 N–H and O–H groups in total. The second-order valence-corrected chi connectivity index (χ2v) is 11.6. The van der Waals surface area contributed by atoms with Gasteiger partial charge in [0.15, 0.2) is 0 Å². The molecule has 0 fully saturated rings. The van der Waals surface area contributed by atoms with Gasteiger partial charge < -0.3 is 10.5 Å². The third-order valence-electron chi connectivity index (χ3n) is 5.29. The second-order valence-electron chi connectivity index (χ2n) is 7.94. The lowest BCUT2D eigenvalue weighted by Gasteiger charge is -2.27. The van der Waals surface area contributed by atoms with E-state index < -0.39 is 13.3 Å². The molecule has 1 atom stereocenters. The van der Waals surface area contributed by atoms with Gasteiger partial charge in [-0.2, -0.15) is 0 Å². The Labute approximate surface area is 180 Å². The molecular weight excluding hydrogens is 389 g/mol. The minimum Gasteiger partial charge on any atom is -0.461 e. The molecule has 0 heterocycles. The Morgan fingerprint density at radius 3 is 1.57 bits per heavy atom. The lowest BCUT2D eigenvalue weighted by Crippen LogP contribution is -2.37. The topological polar surface area (TPSA) is 52.3 Å². The van der Waals surface area contributed by atoms with Crippen molar-refractivity contribution in [2.75, 3.05) is 12.8 Å². The summed E-state index contributed by atoms with van der Waals surface area (Å²) in [6.45, 7) is 4.46. The van der Waals surface area contributed by atoms with Crippen LogP contribution in [0.3, 0.4) is 0 Å². The first-order valence-corrected chi connectivity index (χ1v) is 12.5. The van der Waals surface area contributed by atoms with E-state index in [1.807, 2.05) is 18.2 Å². The highest BCUT2D eigenvalue weighted by Crippen LogP contribution is 2.54. The molecule has 0 amide bonds. The molecule has 30 heavy (non-hydrogen) atoms. The van der Waals surface area contributed by atoms with E-state index in [1.165, 1.54) is 15.9 Å². The summed E-state index contributed by atoms with van der Waals surface area (Å²) in [5.41, 5.74) is 6.04. The Bertz CT molecular complexity index is 817. The van der Waals surface area contributed by atoms with Crippen LogP contribution in [-0.2, 0) is 9.53 Å². The fraction of sp³-hybridized carbons (Fsp3) is 0.269. The van der Waals surface area contributed by atoms with Crippen molar-refractivity contribution in [2.24, 2.45) is 11.7 Å². The van der Waals surface area contributed by atoms with Gasteiger partial charge in [-0.15, -0.1) is 0 Å². The number of hydrogen-bond acceptors (Lipinski definition) is 3. The number of carbonyl (C=O) groups is 1. The molecule has 0 aliphatic heterocycles. The van der Waals surface area contributed by atoms with Crippen molar-refractivity contribution in [2.45, 2.75) is 26.3 Å². The first-order valence-electron chi connectivity index (χ1n) is 10.5. The number of rotatable bonds is 9. The summed E-state index contributed by atoms with van der Waals surface area (Å²) >= 11 is 0. The summed E-state index contributed by atoms with van der Waals surface area (Å²) < 4.78 is 5.69. The zero-order valence-corrected chi connectivity index (χ0v) is 18.7. The first-order chi connectivity index (χ1) is 14.5. The van der Waals surface area contributed by atoms with Gasteiger partial charge in [-0.05, 0) is 48.7 Å². The Morgan fingerprint density at radius 1 is 0.800 bits per heavy atom. The van der Waals surface area contributed by atoms with Crippen LogP contribution < -0.4 is 21.6 Å². The molecule has 3 rings (SSSR count). The van der Waals surface area contributed by atoms with Crippen molar-refractivity contribution >= 4 is 29.1 Å². The molecule has 0 radical (unpaired) electrons. The Hall–Kier alpha value is -2.48. The monoisotopic (exact) mass is 420 g/mol. The predicted octanol–water partition coefficient (Wildman–Crippen LogP) is 3.90. The zero-order valence-electron chi connectivity index (χ0n) is 17.8. The fourth-order valence-corrected chi connectivity index (χ4v) is 7.95. The lowest BCUT2D eigenvalue weighted by atomic mass is 10.1. The minimum atomic E-state index is -1.99. The molecule has 0 spiro atoms. The van der Waals surface area contributed by atoms with Crippen molar-refractivity contribution in [1.82, 2.24) is 0 Å². The maximum Gasteiger partial charge on any atom is 0.323 e. The predicted molar refractivity (Wildman–Crippen MR) is 128 cm³/mol. The van der Waals surface area contributed by atoms with Crippen molar-refractivity contribution in [3.05, 3.63) is 91.0 Å². The Kier molecular flexibility index (Phi) is 7.79. The molecule has 3 nitrogen and oxygen atoms in total. The van der Waals surface area contributed by atoms with Crippen molar-refractivity contribution < 1.29 is 9.53 Å². The molecule has 0 bridgehead atoms. The molecule has 4 heteroatoms. The third kappa shape index (κ3) is 5.16. The van der Waals surface area contributed by atoms with E-state index in [-0.39, 0.29) is 5.97 Å². The van der Waals surface area contributed by atoms with Gasteiger partial charge in [0.05, 0.1) is 0 Å². The molecule has 0 unspecified atom stereocenters. The second kappa shape index (κ2) is 10.5. The lowest BCUT2D eigenvalue weighted by molar-refractivity contribution is -0.144. The van der Waals surface area contributed by atoms with Gasteiger partial charge in [0.2, 0.25) is 0 Å². The molecule has 3 aromatic rings. The van der Waals surface area contributed by atoms with Gasteiger partial charge in [0.1, 0.15) is 42.0 Å². The molecule has 156 valence electrons. The van der Waals surface area contributed by atoms with E-state index >= 15 is 0 Å². The van der Waals surface area contributed by atoms with Crippen molar-refractivity contribution in [3.63, 3.8) is 0 Å². The number of carbonyl (C=O) groups excluding carboxylic acids is 1. The standard InChI is InChI=1S/C26H31NO2P/c1-21(2)20-25(27)26(28)29-18-19-30(22-12-6-3-7-13-22,23-14-8-4-9-15-23)24-16-10-5-11-17-24/h3-17,21,25H,18-20,27H2,1-2H3/q+1/t25-/m0/s1. The molecular formula is C26H31NO2P+. The summed E-state index contributed by atoms with van der Waals surface area (Å²) in [6, 6.07) is 31.2. The normalized spacial score (nSPS) is 12.5. The van der Waals surface area contributed by atoms with Crippen molar-refractivity contribution in [3.8, 4) is 0 Å². The SMILES string of the molecule is CC(C)C[C@H](N)C(=O)OCC[P+](c1ccccc1)(c1ccccc1)c1ccccc1. The average Bonchev–Trinajstić information content (AvgIpc) is 2.78. The van der Waals surface area contributed by atoms with Crippen molar-refractivity contribution in [1.29, 1.82) is 0 Å². The highest BCUT2D eigenvalue weighted by molar-refractivity contribution is 7.95. The van der Waals surface area contributed by atoms with Gasteiger partial charge >= 0.3 is 5.97 Å². The first kappa shape index (κ1) is 22.2. The van der Waals surface area contributed by atoms with Crippen LogP contribution in [0.4, 0.5) is 0 Å². The van der Waals surface area contributed by atoms with E-state index in [2.05, 4.69) is 86.6 Å². The van der Waals surface area contributed by atoms with E-state index in [4.69, 9.17) is 10.5 Å². The van der Waals surface area contributed by atoms with Crippen LogP contribution in [-0.4, -0.2) is 24.8 Å². The van der Waals surface area contributed by atoms with E-state index in [1.54, 1.807) is 0 Å². The highest BCUT2D eigenvalue weighted by atomic mass is 31.2. The minimum absolute atomic E-state index is 0.309. The van der Waals surface area contributed by atoms with Crippen LogP contribution in [0, 0.1) is 5.92 Å². The van der Waals surface area contributed by atoms with Crippen LogP contribution in [0.1, 0.15) is 20.3 Å². The number of ether oxygens (including phenoxy) is 1. The summed E-state index contributed by atoms with van der Waals surface area (Å²) in [5.74, 6) is 0.0492. The summed E-state index contributed by atoms with van der Waals surface area (Å²) in [6.07, 6.45) is 1.38. The smallest absolute Gasteiger partial charge is 0.323 e. The van der Waals surface area contributed by atoms with Crippen LogP contribution in [0.5, 0.6) is 0 Å². The van der Waals surface area contributed by atoms with Gasteiger partial charge in [-0.25, -0.2) is 0 Å². The van der Waals surface area contributed by atoms with Crippen LogP contribution in [0.15, 0.2) is 91.0 Å². The molecule has 0 saturated heterocycles. The maximum absolute atomic E-state index is 12.4. The average molecular weight is 421 g/mol. The summed E-state index contributed by atoms with van der Waals surface area (Å²) in [4.78, 5) is 12.4. The Morgan fingerprint density at radius 2 is 1.20 bits per heavy atom. The van der Waals surface area contributed by atoms with Gasteiger partial charge in [0.25, 0.3) is 0 Å². The number of nitrogens with two attached hydrogens (primary N) is 1. The molecule has 0 aliphatic carbocycles. The number of hydrogen-bond donors (Lipinski definition) is 1. The Balaban J connectivity index is 1.96. The highest BCUT2D eigenvalue weighted by Gasteiger charge is 2.45. The van der Waals surface area contributed by atoms with Crippen LogP contribution >= 0.6 is 7.26 Å². The third-order valence-corrected chi connectivity index (χ3v) is 9.68. The summed E-state index contributed by atoms with van der Waals surface area (Å²) in [7, 11) is -1.99. The summed E-state index contributed by atoms with van der Waals surface area (Å²) in [5, 5.41) is 3.85. The van der Waals surface area contributed by atoms with E-state index in [9.17, 15) is 4.79 Å². The maximum atomic E-state index is 12.4. The van der Waals surface area contributed by atoms with E-state index in [0.29, 0.717) is 18.9 Å². The van der Waals surface area contributed by atoms with Crippen LogP contribution in [0.25, 0.3) is 0 Å². The largest absolute Gasteiger partial charge is 0.461 e. The number of esters is 1. The molecule has 0 aliphatic rings. The quantitative estimate of drug-likeness (QED) is 0.422. The number of benzene rings is 3. The van der Waals surface area contributed by atoms with Gasteiger partial charge in [0, 0.05) is 0 Å². The van der Waals surface area contributed by atoms with Crippen LogP contribution in [0.2, 0.25) is 0 Å². The molecule has 0 saturated carbocycles. The fourth-order valence-electron chi connectivity index (χ4n) is 3.88. The van der Waals surface area contributed by atoms with Gasteiger partial charge in [-0.1, -0.05) is 68.4 Å². The molecule has 0 aromatic heterocycles. The van der Waals surface area contributed by atoms with E-state index in [0.717, 1.165) is 6.16 Å².